The summed E-state index contributed by atoms with van der Waals surface area (Å²) in [5.41, 5.74) is 4.49. The van der Waals surface area contributed by atoms with Gasteiger partial charge in [-0.15, -0.1) is 0 Å². The van der Waals surface area contributed by atoms with Crippen LogP contribution in [0.4, 0.5) is 4.79 Å². The van der Waals surface area contributed by atoms with Crippen LogP contribution in [0.2, 0.25) is 0 Å². The van der Waals surface area contributed by atoms with Gasteiger partial charge in [-0.1, -0.05) is 23.8 Å². The van der Waals surface area contributed by atoms with Crippen LogP contribution < -0.4 is 10.6 Å². The topological polar surface area (TPSA) is 83.8 Å². The highest BCUT2D eigenvalue weighted by Crippen LogP contribution is 2.28. The minimum Gasteiger partial charge on any atom is -0.467 e. The van der Waals surface area contributed by atoms with Crippen LogP contribution in [-0.2, 0) is 16.1 Å². The lowest BCUT2D eigenvalue weighted by molar-refractivity contribution is -0.139. The zero-order valence-corrected chi connectivity index (χ0v) is 17.2. The Balaban J connectivity index is 1.89. The van der Waals surface area contributed by atoms with E-state index in [1.807, 2.05) is 7.05 Å². The molecular formula is C22H27N3O4. The maximum atomic E-state index is 12.7. The summed E-state index contributed by atoms with van der Waals surface area (Å²) in [7, 11) is 1.95. The maximum Gasteiger partial charge on any atom is 0.338 e. The number of likely N-dealkylation sites (N-methyl/N-ethyl adjacent to an activating group) is 1. The number of rotatable bonds is 7. The van der Waals surface area contributed by atoms with E-state index in [4.69, 9.17) is 9.15 Å². The average Bonchev–Trinajstić information content (AvgIpc) is 3.18. The van der Waals surface area contributed by atoms with Gasteiger partial charge in [0.1, 0.15) is 11.8 Å². The number of benzene rings is 1. The van der Waals surface area contributed by atoms with Crippen molar-refractivity contribution in [3.63, 3.8) is 0 Å². The van der Waals surface area contributed by atoms with E-state index in [0.29, 0.717) is 30.1 Å². The number of amides is 2. The lowest BCUT2D eigenvalue weighted by atomic mass is 9.99. The minimum atomic E-state index is -0.692. The first-order chi connectivity index (χ1) is 13.9. The third-order valence-corrected chi connectivity index (χ3v) is 4.84. The first-order valence-electron chi connectivity index (χ1n) is 9.64. The van der Waals surface area contributed by atoms with Gasteiger partial charge in [-0.2, -0.15) is 0 Å². The molecule has 0 radical (unpaired) electrons. The molecule has 1 aromatic heterocycles. The number of ether oxygens (including phenoxy) is 1. The molecule has 3 rings (SSSR count). The van der Waals surface area contributed by atoms with Crippen LogP contribution in [0.15, 0.2) is 52.3 Å². The number of nitrogens with one attached hydrogen (secondary N) is 2. The van der Waals surface area contributed by atoms with Crippen LogP contribution >= 0.6 is 0 Å². The quantitative estimate of drug-likeness (QED) is 0.701. The Morgan fingerprint density at radius 1 is 1.24 bits per heavy atom. The molecule has 2 N–H and O–H groups in total. The minimum absolute atomic E-state index is 0.243. The number of esters is 1. The van der Waals surface area contributed by atoms with Crippen LogP contribution in [0.5, 0.6) is 0 Å². The van der Waals surface area contributed by atoms with Gasteiger partial charge < -0.3 is 19.8 Å². The van der Waals surface area contributed by atoms with Crippen molar-refractivity contribution in [3.05, 3.63) is 70.3 Å². The average molecular weight is 397 g/mol. The van der Waals surface area contributed by atoms with E-state index in [0.717, 1.165) is 0 Å². The van der Waals surface area contributed by atoms with Gasteiger partial charge >= 0.3 is 12.0 Å². The summed E-state index contributed by atoms with van der Waals surface area (Å²) in [6, 6.07) is 8.71. The van der Waals surface area contributed by atoms with Crippen LogP contribution in [0.1, 0.15) is 35.4 Å². The molecule has 2 heterocycles. The Morgan fingerprint density at radius 3 is 2.69 bits per heavy atom. The van der Waals surface area contributed by atoms with Gasteiger partial charge in [0.15, 0.2) is 0 Å². The van der Waals surface area contributed by atoms with Crippen molar-refractivity contribution >= 4 is 12.0 Å². The number of nitrogens with zero attached hydrogens (tertiary/aromatic N) is 1. The predicted octanol–water partition coefficient (Wildman–Crippen LogP) is 3.20. The van der Waals surface area contributed by atoms with Crippen LogP contribution in [0.25, 0.3) is 0 Å². The van der Waals surface area contributed by atoms with Crippen molar-refractivity contribution < 1.29 is 18.7 Å². The summed E-state index contributed by atoms with van der Waals surface area (Å²) < 4.78 is 10.7. The molecule has 0 unspecified atom stereocenters. The third-order valence-electron chi connectivity index (χ3n) is 4.84. The molecular weight excluding hydrogens is 370 g/mol. The molecule has 0 bridgehead atoms. The highest BCUT2D eigenvalue weighted by molar-refractivity contribution is 5.95. The second-order valence-electron chi connectivity index (χ2n) is 7.26. The van der Waals surface area contributed by atoms with Crippen molar-refractivity contribution in [2.45, 2.75) is 33.4 Å². The summed E-state index contributed by atoms with van der Waals surface area (Å²) >= 11 is 0. The Hall–Kier alpha value is -3.06. The van der Waals surface area contributed by atoms with Crippen molar-refractivity contribution in [2.75, 3.05) is 20.2 Å². The van der Waals surface area contributed by atoms with Crippen LogP contribution in [0.3, 0.4) is 0 Å². The number of aryl methyl sites for hydroxylation is 2. The van der Waals surface area contributed by atoms with E-state index in [-0.39, 0.29) is 12.6 Å². The maximum absolute atomic E-state index is 12.7. The number of hydrogen-bond acceptors (Lipinski definition) is 5. The van der Waals surface area contributed by atoms with Crippen LogP contribution in [-0.4, -0.2) is 37.1 Å². The first-order valence-corrected chi connectivity index (χ1v) is 9.64. The fourth-order valence-corrected chi connectivity index (χ4v) is 3.50. The fourth-order valence-electron chi connectivity index (χ4n) is 3.50. The van der Waals surface area contributed by atoms with Gasteiger partial charge in [0.05, 0.1) is 18.4 Å². The lowest BCUT2D eigenvalue weighted by Crippen LogP contribution is -2.48. The molecule has 7 heteroatoms. The normalized spacial score (nSPS) is 16.6. The Morgan fingerprint density at radius 2 is 2.03 bits per heavy atom. The van der Waals surface area contributed by atoms with Gasteiger partial charge in [-0.25, -0.2) is 9.59 Å². The van der Waals surface area contributed by atoms with Gasteiger partial charge in [0.2, 0.25) is 0 Å². The predicted molar refractivity (Wildman–Crippen MR) is 109 cm³/mol. The SMILES string of the molecule is CCOC(=O)C1=C(CN(C)Cc2ccc(C)cc2C)NC(=O)N[C@H]1c1ccco1. The van der Waals surface area contributed by atoms with E-state index in [1.54, 1.807) is 19.1 Å². The van der Waals surface area contributed by atoms with Gasteiger partial charge in [0, 0.05) is 18.8 Å². The zero-order chi connectivity index (χ0) is 21.0. The van der Waals surface area contributed by atoms with Crippen LogP contribution in [0, 0.1) is 13.8 Å². The molecule has 0 fully saturated rings. The van der Waals surface area contributed by atoms with Gasteiger partial charge in [-0.05, 0) is 51.1 Å². The number of carbonyl (C=O) groups excluding carboxylic acids is 2. The molecule has 1 aliphatic heterocycles. The summed E-state index contributed by atoms with van der Waals surface area (Å²) in [5, 5.41) is 5.54. The summed E-state index contributed by atoms with van der Waals surface area (Å²) in [6.07, 6.45) is 1.51. The van der Waals surface area contributed by atoms with Crippen molar-refractivity contribution in [2.24, 2.45) is 0 Å². The van der Waals surface area contributed by atoms with E-state index in [9.17, 15) is 9.59 Å². The van der Waals surface area contributed by atoms with E-state index < -0.39 is 12.0 Å². The van der Waals surface area contributed by atoms with Crippen molar-refractivity contribution in [1.82, 2.24) is 15.5 Å². The molecule has 0 aliphatic carbocycles. The first kappa shape index (κ1) is 20.7. The summed E-state index contributed by atoms with van der Waals surface area (Å²) in [4.78, 5) is 27.0. The van der Waals surface area contributed by atoms with Crippen molar-refractivity contribution in [3.8, 4) is 0 Å². The van der Waals surface area contributed by atoms with E-state index in [2.05, 4.69) is 47.6 Å². The molecule has 0 saturated carbocycles. The molecule has 154 valence electrons. The molecule has 1 aliphatic rings. The molecule has 0 saturated heterocycles. The molecule has 0 spiro atoms. The smallest absolute Gasteiger partial charge is 0.338 e. The Bertz CT molecular complexity index is 918. The molecule has 2 amide bonds. The van der Waals surface area contributed by atoms with Crippen molar-refractivity contribution in [1.29, 1.82) is 0 Å². The van der Waals surface area contributed by atoms with E-state index >= 15 is 0 Å². The fraction of sp³-hybridized carbons (Fsp3) is 0.364. The summed E-state index contributed by atoms with van der Waals surface area (Å²) in [6.45, 7) is 7.20. The Kier molecular flexibility index (Phi) is 6.39. The largest absolute Gasteiger partial charge is 0.467 e. The number of carbonyl (C=O) groups is 2. The monoisotopic (exact) mass is 397 g/mol. The lowest BCUT2D eigenvalue weighted by Gasteiger charge is -2.30. The standard InChI is InChI=1S/C22H27N3O4/c1-5-28-21(26)19-17(23-22(27)24-20(19)18-7-6-10-29-18)13-25(4)12-16-9-8-14(2)11-15(16)3/h6-11,20H,5,12-13H2,1-4H3,(H2,23,24,27)/t20-/m0/s1. The Labute approximate surface area is 170 Å². The third kappa shape index (κ3) is 4.86. The molecule has 2 aromatic rings. The highest BCUT2D eigenvalue weighted by Gasteiger charge is 2.35. The summed E-state index contributed by atoms with van der Waals surface area (Å²) in [5.74, 6) is 0.00810. The molecule has 1 aromatic carbocycles. The zero-order valence-electron chi connectivity index (χ0n) is 17.2. The second kappa shape index (κ2) is 8.96. The highest BCUT2D eigenvalue weighted by atomic mass is 16.5. The molecule has 7 nitrogen and oxygen atoms in total. The number of furan rings is 1. The molecule has 1 atom stereocenters. The van der Waals surface area contributed by atoms with E-state index in [1.165, 1.54) is 23.0 Å². The van der Waals surface area contributed by atoms with Gasteiger partial charge in [-0.3, -0.25) is 4.90 Å². The number of urea groups is 1. The number of hydrogen-bond donors (Lipinski definition) is 2. The second-order valence-corrected chi connectivity index (χ2v) is 7.26. The van der Waals surface area contributed by atoms with Gasteiger partial charge in [0.25, 0.3) is 0 Å². The molecule has 29 heavy (non-hydrogen) atoms.